The van der Waals surface area contributed by atoms with Crippen LogP contribution >= 0.6 is 11.6 Å². The lowest BCUT2D eigenvalue weighted by molar-refractivity contribution is -0.135. The summed E-state index contributed by atoms with van der Waals surface area (Å²) in [6, 6.07) is 6.03. The second-order valence-electron chi connectivity index (χ2n) is 6.20. The summed E-state index contributed by atoms with van der Waals surface area (Å²) in [7, 11) is 0. The molecule has 1 saturated heterocycles. The molecule has 0 unspecified atom stereocenters. The minimum Gasteiger partial charge on any atom is -0.369 e. The fraction of sp³-hybridized carbons (Fsp3) is 0.611. The smallest absolute Gasteiger partial charge is 0.224 e. The monoisotopic (exact) mass is 337 g/mol. The van der Waals surface area contributed by atoms with Crippen molar-refractivity contribution in [3.63, 3.8) is 0 Å². The number of nitrogens with zero attached hydrogens (tertiary/aromatic N) is 3. The highest BCUT2D eigenvalue weighted by atomic mass is 35.5. The van der Waals surface area contributed by atoms with Gasteiger partial charge in [-0.3, -0.25) is 9.80 Å². The molecule has 1 amide bonds. The fourth-order valence-corrected chi connectivity index (χ4v) is 3.24. The van der Waals surface area contributed by atoms with E-state index in [4.69, 9.17) is 11.6 Å². The molecule has 0 bridgehead atoms. The number of hydrazine groups is 1. The van der Waals surface area contributed by atoms with E-state index in [2.05, 4.69) is 29.8 Å². The zero-order valence-corrected chi connectivity index (χ0v) is 15.1. The number of amides is 1. The highest BCUT2D eigenvalue weighted by Crippen LogP contribution is 2.25. The summed E-state index contributed by atoms with van der Waals surface area (Å²) < 4.78 is 0. The number of piperazine rings is 1. The van der Waals surface area contributed by atoms with Crippen LogP contribution in [0.5, 0.6) is 0 Å². The lowest BCUT2D eigenvalue weighted by Gasteiger charge is -2.40. The largest absolute Gasteiger partial charge is 0.369 e. The molecule has 0 saturated carbocycles. The molecule has 1 aliphatic rings. The van der Waals surface area contributed by atoms with Crippen LogP contribution in [-0.4, -0.2) is 49.2 Å². The van der Waals surface area contributed by atoms with Crippen molar-refractivity contribution in [1.29, 1.82) is 0 Å². The number of halogens is 1. The summed E-state index contributed by atoms with van der Waals surface area (Å²) in [5.41, 5.74) is 2.45. The Balaban J connectivity index is 1.87. The van der Waals surface area contributed by atoms with E-state index in [1.807, 2.05) is 17.1 Å². The maximum atomic E-state index is 11.4. The van der Waals surface area contributed by atoms with Crippen LogP contribution in [0.25, 0.3) is 0 Å². The number of benzene rings is 1. The van der Waals surface area contributed by atoms with Crippen LogP contribution in [0.2, 0.25) is 5.02 Å². The average molecular weight is 338 g/mol. The molecular weight excluding hydrogens is 310 g/mol. The molecule has 4 nitrogen and oxygen atoms in total. The van der Waals surface area contributed by atoms with E-state index >= 15 is 0 Å². The van der Waals surface area contributed by atoms with Gasteiger partial charge < -0.3 is 4.90 Å². The first-order chi connectivity index (χ1) is 11.2. The summed E-state index contributed by atoms with van der Waals surface area (Å²) in [5, 5.41) is 4.81. The molecule has 1 aromatic carbocycles. The van der Waals surface area contributed by atoms with Gasteiger partial charge in [0.15, 0.2) is 0 Å². The number of carbonyl (C=O) groups is 1. The van der Waals surface area contributed by atoms with Gasteiger partial charge in [-0.15, -0.1) is 0 Å². The van der Waals surface area contributed by atoms with Gasteiger partial charge in [-0.25, -0.2) is 5.01 Å². The zero-order chi connectivity index (χ0) is 16.7. The van der Waals surface area contributed by atoms with Gasteiger partial charge in [-0.2, -0.15) is 0 Å². The third-order valence-electron chi connectivity index (χ3n) is 4.49. The Morgan fingerprint density at radius 1 is 1.17 bits per heavy atom. The van der Waals surface area contributed by atoms with Gasteiger partial charge in [0.2, 0.25) is 6.41 Å². The zero-order valence-electron chi connectivity index (χ0n) is 14.3. The van der Waals surface area contributed by atoms with Crippen LogP contribution in [0, 0.1) is 6.92 Å². The Hall–Kier alpha value is -1.26. The first-order valence-electron chi connectivity index (χ1n) is 8.63. The van der Waals surface area contributed by atoms with Gasteiger partial charge in [0.25, 0.3) is 0 Å². The van der Waals surface area contributed by atoms with Crippen LogP contribution < -0.4 is 4.90 Å². The number of aryl methyl sites for hydroxylation is 1. The van der Waals surface area contributed by atoms with E-state index in [9.17, 15) is 4.79 Å². The first kappa shape index (κ1) is 18.1. The molecule has 0 radical (unpaired) electrons. The van der Waals surface area contributed by atoms with E-state index in [0.717, 1.165) is 50.6 Å². The van der Waals surface area contributed by atoms with Gasteiger partial charge in [-0.05, 0) is 31.0 Å². The van der Waals surface area contributed by atoms with Crippen LogP contribution in [0.3, 0.4) is 0 Å². The molecule has 5 heteroatoms. The quantitative estimate of drug-likeness (QED) is 0.534. The number of hydrogen-bond donors (Lipinski definition) is 0. The van der Waals surface area contributed by atoms with E-state index in [1.54, 1.807) is 0 Å². The second-order valence-corrected chi connectivity index (χ2v) is 6.64. The van der Waals surface area contributed by atoms with Crippen LogP contribution in [0.15, 0.2) is 18.2 Å². The van der Waals surface area contributed by atoms with Gasteiger partial charge in [-0.1, -0.05) is 43.9 Å². The molecule has 1 aromatic rings. The summed E-state index contributed by atoms with van der Waals surface area (Å²) in [6.45, 7) is 8.73. The van der Waals surface area contributed by atoms with Gasteiger partial charge in [0.05, 0.1) is 0 Å². The second kappa shape index (κ2) is 9.14. The highest BCUT2D eigenvalue weighted by molar-refractivity contribution is 6.30. The average Bonchev–Trinajstić information content (AvgIpc) is 2.57. The summed E-state index contributed by atoms with van der Waals surface area (Å²) >= 11 is 6.13. The minimum atomic E-state index is 0.776. The van der Waals surface area contributed by atoms with Gasteiger partial charge in [0.1, 0.15) is 0 Å². The maximum absolute atomic E-state index is 11.4. The predicted octanol–water partition coefficient (Wildman–Crippen LogP) is 3.72. The van der Waals surface area contributed by atoms with Crippen molar-refractivity contribution in [1.82, 2.24) is 10.0 Å². The van der Waals surface area contributed by atoms with Crippen LogP contribution in [0.1, 0.15) is 38.2 Å². The minimum absolute atomic E-state index is 0.776. The van der Waals surface area contributed by atoms with Crippen LogP contribution in [-0.2, 0) is 4.79 Å². The third-order valence-corrected chi connectivity index (χ3v) is 4.73. The van der Waals surface area contributed by atoms with Crippen molar-refractivity contribution in [2.75, 3.05) is 37.6 Å². The number of unbranched alkanes of at least 4 members (excludes halogenated alkanes) is 3. The molecule has 1 aliphatic heterocycles. The SMILES string of the molecule is CCCCCCN(C=O)N1CCN(c2cc(Cl)ccc2C)CC1. The van der Waals surface area contributed by atoms with Crippen LogP contribution in [0.4, 0.5) is 5.69 Å². The maximum Gasteiger partial charge on any atom is 0.224 e. The molecule has 2 rings (SSSR count). The molecule has 1 heterocycles. The van der Waals surface area contributed by atoms with Gasteiger partial charge >= 0.3 is 0 Å². The Bertz CT molecular complexity index is 501. The molecule has 0 spiro atoms. The fourth-order valence-electron chi connectivity index (χ4n) is 3.08. The Kier molecular flexibility index (Phi) is 7.18. The molecule has 128 valence electrons. The standard InChI is InChI=1S/C18H28ClN3O/c1-3-4-5-6-9-22(15-23)21-12-10-20(11-13-21)18-14-17(19)8-7-16(18)2/h7-8,14-15H,3-6,9-13H2,1-2H3. The topological polar surface area (TPSA) is 26.8 Å². The van der Waals surface area contributed by atoms with Gasteiger partial charge in [0, 0.05) is 43.4 Å². The molecule has 0 aromatic heterocycles. The lowest BCUT2D eigenvalue weighted by Crippen LogP contribution is -2.53. The molecule has 0 aliphatic carbocycles. The number of rotatable bonds is 8. The molecule has 1 fully saturated rings. The third kappa shape index (κ3) is 5.11. The lowest BCUT2D eigenvalue weighted by atomic mass is 10.1. The van der Waals surface area contributed by atoms with E-state index in [-0.39, 0.29) is 0 Å². The summed E-state index contributed by atoms with van der Waals surface area (Å²) in [6.07, 6.45) is 5.72. The molecule has 23 heavy (non-hydrogen) atoms. The summed E-state index contributed by atoms with van der Waals surface area (Å²) in [5.74, 6) is 0. The Labute approximate surface area is 145 Å². The Morgan fingerprint density at radius 2 is 1.91 bits per heavy atom. The normalized spacial score (nSPS) is 15.7. The molecule has 0 N–H and O–H groups in total. The van der Waals surface area contributed by atoms with Crippen molar-refractivity contribution in [2.24, 2.45) is 0 Å². The number of carbonyl (C=O) groups excluding carboxylic acids is 1. The van der Waals surface area contributed by atoms with Crippen molar-refractivity contribution >= 4 is 23.7 Å². The highest BCUT2D eigenvalue weighted by Gasteiger charge is 2.22. The number of hydrogen-bond acceptors (Lipinski definition) is 3. The molecular formula is C18H28ClN3O. The van der Waals surface area contributed by atoms with E-state index < -0.39 is 0 Å². The summed E-state index contributed by atoms with van der Waals surface area (Å²) in [4.78, 5) is 13.7. The Morgan fingerprint density at radius 3 is 2.57 bits per heavy atom. The molecule has 0 atom stereocenters. The van der Waals surface area contributed by atoms with Crippen molar-refractivity contribution in [2.45, 2.75) is 39.5 Å². The van der Waals surface area contributed by atoms with Crippen molar-refractivity contribution < 1.29 is 4.79 Å². The predicted molar refractivity (Wildman–Crippen MR) is 96.9 cm³/mol. The first-order valence-corrected chi connectivity index (χ1v) is 9.01. The van der Waals surface area contributed by atoms with Crippen molar-refractivity contribution in [3.8, 4) is 0 Å². The van der Waals surface area contributed by atoms with E-state index in [1.165, 1.54) is 30.5 Å². The van der Waals surface area contributed by atoms with E-state index in [0.29, 0.717) is 0 Å². The van der Waals surface area contributed by atoms with Crippen molar-refractivity contribution in [3.05, 3.63) is 28.8 Å². The number of anilines is 1.